The smallest absolute Gasteiger partial charge is 0.252 e. The Morgan fingerprint density at radius 3 is 2.38 bits per heavy atom. The number of carbonyl (C=O) groups is 1. The number of hydrogen-bond acceptors (Lipinski definition) is 2. The maximum atomic E-state index is 13.1. The zero-order valence-electron chi connectivity index (χ0n) is 12.9. The Kier molecular flexibility index (Phi) is 4.45. The second kappa shape index (κ2) is 5.69. The molecule has 5 heteroatoms. The molecule has 0 spiro atoms. The molecule has 1 saturated heterocycles. The zero-order valence-corrected chi connectivity index (χ0v) is 14.5. The molecule has 3 nitrogen and oxygen atoms in total. The minimum absolute atomic E-state index is 0.0281. The second-order valence-corrected chi connectivity index (χ2v) is 7.95. The van der Waals surface area contributed by atoms with Crippen LogP contribution in [0.3, 0.4) is 0 Å². The fraction of sp³-hybridized carbons (Fsp3) is 0.562. The molecule has 2 N–H and O–H groups in total. The van der Waals surface area contributed by atoms with Gasteiger partial charge in [0.15, 0.2) is 0 Å². The number of rotatable bonds is 2. The second-order valence-electron chi connectivity index (χ2n) is 7.10. The summed E-state index contributed by atoms with van der Waals surface area (Å²) in [5.74, 6) is -0.525. The molecule has 0 bridgehead atoms. The third-order valence-corrected chi connectivity index (χ3v) is 4.36. The molecule has 0 aromatic heterocycles. The van der Waals surface area contributed by atoms with Crippen LogP contribution < -0.4 is 10.6 Å². The lowest BCUT2D eigenvalue weighted by Crippen LogP contribution is -2.62. The van der Waals surface area contributed by atoms with Crippen LogP contribution in [0.15, 0.2) is 22.7 Å². The Bertz CT molecular complexity index is 541. The highest BCUT2D eigenvalue weighted by Crippen LogP contribution is 2.29. The Morgan fingerprint density at radius 1 is 1.29 bits per heavy atom. The maximum Gasteiger partial charge on any atom is 0.252 e. The van der Waals surface area contributed by atoms with Crippen molar-refractivity contribution in [3.63, 3.8) is 0 Å². The summed E-state index contributed by atoms with van der Waals surface area (Å²) >= 11 is 3.24. The highest BCUT2D eigenvalue weighted by Gasteiger charge is 2.38. The van der Waals surface area contributed by atoms with Gasteiger partial charge in [-0.15, -0.1) is 0 Å². The Balaban J connectivity index is 2.12. The van der Waals surface area contributed by atoms with Crippen molar-refractivity contribution in [3.8, 4) is 0 Å². The summed E-state index contributed by atoms with van der Waals surface area (Å²) < 4.78 is 13.6. The first-order valence-corrected chi connectivity index (χ1v) is 7.93. The molecule has 1 aromatic carbocycles. The van der Waals surface area contributed by atoms with Gasteiger partial charge in [0, 0.05) is 21.6 Å². The predicted octanol–water partition coefficient (Wildman–Crippen LogP) is 3.63. The predicted molar refractivity (Wildman–Crippen MR) is 85.9 cm³/mol. The Labute approximate surface area is 133 Å². The quantitative estimate of drug-likeness (QED) is 0.849. The molecule has 21 heavy (non-hydrogen) atoms. The van der Waals surface area contributed by atoms with E-state index in [0.717, 1.165) is 12.8 Å². The molecule has 0 unspecified atom stereocenters. The number of amides is 1. The van der Waals surface area contributed by atoms with Crippen molar-refractivity contribution in [3.05, 3.63) is 34.1 Å². The van der Waals surface area contributed by atoms with E-state index in [4.69, 9.17) is 0 Å². The molecule has 0 saturated carbocycles. The number of piperidine rings is 1. The van der Waals surface area contributed by atoms with Gasteiger partial charge in [0.05, 0.1) is 5.56 Å². The fourth-order valence-corrected chi connectivity index (χ4v) is 3.89. The minimum Gasteiger partial charge on any atom is -0.349 e. The third kappa shape index (κ3) is 4.27. The summed E-state index contributed by atoms with van der Waals surface area (Å²) in [6, 6.07) is 4.22. The number of nitrogens with one attached hydrogen (secondary N) is 2. The van der Waals surface area contributed by atoms with E-state index >= 15 is 0 Å². The van der Waals surface area contributed by atoms with Crippen LogP contribution in [0.2, 0.25) is 0 Å². The molecule has 1 fully saturated rings. The van der Waals surface area contributed by atoms with Crippen molar-refractivity contribution in [2.45, 2.75) is 57.7 Å². The lowest BCUT2D eigenvalue weighted by Gasteiger charge is -2.46. The molecule has 0 atom stereocenters. The molecule has 1 aliphatic rings. The molecule has 1 amide bonds. The average molecular weight is 357 g/mol. The van der Waals surface area contributed by atoms with Gasteiger partial charge in [0.25, 0.3) is 5.91 Å². The summed E-state index contributed by atoms with van der Waals surface area (Å²) in [5, 5.41) is 6.66. The summed E-state index contributed by atoms with van der Waals surface area (Å²) in [4.78, 5) is 12.4. The van der Waals surface area contributed by atoms with E-state index in [2.05, 4.69) is 54.3 Å². The first kappa shape index (κ1) is 16.4. The average Bonchev–Trinajstić information content (AvgIpc) is 2.23. The SMILES string of the molecule is CC1(C)CC(NC(=O)c2ccc(F)cc2Br)CC(C)(C)N1. The number of halogens is 2. The van der Waals surface area contributed by atoms with Gasteiger partial charge in [-0.25, -0.2) is 4.39 Å². The lowest BCUT2D eigenvalue weighted by atomic mass is 9.79. The molecule has 1 aromatic rings. The molecule has 1 aliphatic heterocycles. The van der Waals surface area contributed by atoms with Crippen LogP contribution in [0.5, 0.6) is 0 Å². The van der Waals surface area contributed by atoms with Crippen molar-refractivity contribution < 1.29 is 9.18 Å². The van der Waals surface area contributed by atoms with Gasteiger partial charge >= 0.3 is 0 Å². The topological polar surface area (TPSA) is 41.1 Å². The largest absolute Gasteiger partial charge is 0.349 e. The van der Waals surface area contributed by atoms with Crippen LogP contribution >= 0.6 is 15.9 Å². The van der Waals surface area contributed by atoms with Crippen molar-refractivity contribution in [2.24, 2.45) is 0 Å². The number of hydrogen-bond donors (Lipinski definition) is 2. The van der Waals surface area contributed by atoms with E-state index in [9.17, 15) is 9.18 Å². The fourth-order valence-electron chi connectivity index (χ4n) is 3.36. The van der Waals surface area contributed by atoms with Crippen molar-refractivity contribution >= 4 is 21.8 Å². The van der Waals surface area contributed by atoms with Crippen LogP contribution in [0.25, 0.3) is 0 Å². The Morgan fingerprint density at radius 2 is 1.86 bits per heavy atom. The minimum atomic E-state index is -0.359. The molecule has 2 rings (SSSR count). The number of benzene rings is 1. The molecule has 0 radical (unpaired) electrons. The highest BCUT2D eigenvalue weighted by atomic mass is 79.9. The van der Waals surface area contributed by atoms with Gasteiger partial charge in [0.2, 0.25) is 0 Å². The highest BCUT2D eigenvalue weighted by molar-refractivity contribution is 9.10. The normalized spacial score (nSPS) is 21.0. The Hall–Kier alpha value is -0.940. The summed E-state index contributed by atoms with van der Waals surface area (Å²) in [6.07, 6.45) is 1.72. The van der Waals surface area contributed by atoms with Crippen LogP contribution in [0.1, 0.15) is 50.9 Å². The van der Waals surface area contributed by atoms with Crippen molar-refractivity contribution in [2.75, 3.05) is 0 Å². The van der Waals surface area contributed by atoms with Gasteiger partial charge in [-0.05, 0) is 74.7 Å². The lowest BCUT2D eigenvalue weighted by molar-refractivity contribution is 0.0872. The molecule has 0 aliphatic carbocycles. The van der Waals surface area contributed by atoms with E-state index in [-0.39, 0.29) is 28.8 Å². The standard InChI is InChI=1S/C16H22BrFN2O/c1-15(2)8-11(9-16(3,4)20-15)19-14(21)12-6-5-10(18)7-13(12)17/h5-7,11,20H,8-9H2,1-4H3,(H,19,21). The molecular formula is C16H22BrFN2O. The van der Waals surface area contributed by atoms with E-state index in [1.165, 1.54) is 18.2 Å². The van der Waals surface area contributed by atoms with E-state index < -0.39 is 0 Å². The first-order valence-electron chi connectivity index (χ1n) is 7.13. The zero-order chi connectivity index (χ0) is 15.8. The summed E-state index contributed by atoms with van der Waals surface area (Å²) in [5.41, 5.74) is 0.407. The number of carbonyl (C=O) groups excluding carboxylic acids is 1. The van der Waals surface area contributed by atoms with Crippen molar-refractivity contribution in [1.82, 2.24) is 10.6 Å². The van der Waals surface area contributed by atoms with Crippen LogP contribution in [0, 0.1) is 5.82 Å². The van der Waals surface area contributed by atoms with Gasteiger partial charge in [-0.1, -0.05) is 0 Å². The van der Waals surface area contributed by atoms with Crippen molar-refractivity contribution in [1.29, 1.82) is 0 Å². The van der Waals surface area contributed by atoms with Gasteiger partial charge in [-0.2, -0.15) is 0 Å². The van der Waals surface area contributed by atoms with E-state index in [1.54, 1.807) is 0 Å². The van der Waals surface area contributed by atoms with E-state index in [0.29, 0.717) is 10.0 Å². The van der Waals surface area contributed by atoms with E-state index in [1.807, 2.05) is 0 Å². The summed E-state index contributed by atoms with van der Waals surface area (Å²) in [7, 11) is 0. The van der Waals surface area contributed by atoms with Crippen LogP contribution in [-0.4, -0.2) is 23.0 Å². The van der Waals surface area contributed by atoms with Gasteiger partial charge < -0.3 is 10.6 Å². The maximum absolute atomic E-state index is 13.1. The summed E-state index contributed by atoms with van der Waals surface area (Å²) in [6.45, 7) is 8.56. The third-order valence-electron chi connectivity index (χ3n) is 3.70. The molecule has 116 valence electrons. The van der Waals surface area contributed by atoms with Crippen LogP contribution in [0.4, 0.5) is 4.39 Å². The molecule has 1 heterocycles. The molecular weight excluding hydrogens is 335 g/mol. The monoisotopic (exact) mass is 356 g/mol. The van der Waals surface area contributed by atoms with Gasteiger partial charge in [-0.3, -0.25) is 4.79 Å². The van der Waals surface area contributed by atoms with Gasteiger partial charge in [0.1, 0.15) is 5.82 Å². The van der Waals surface area contributed by atoms with Crippen LogP contribution in [-0.2, 0) is 0 Å². The first-order chi connectivity index (χ1) is 9.58.